The van der Waals surface area contributed by atoms with E-state index < -0.39 is 21.5 Å². The highest BCUT2D eigenvalue weighted by molar-refractivity contribution is 7.92. The van der Waals surface area contributed by atoms with E-state index >= 15 is 0 Å². The van der Waals surface area contributed by atoms with Crippen molar-refractivity contribution in [3.8, 4) is 0 Å². The van der Waals surface area contributed by atoms with Crippen LogP contribution in [0, 0.1) is 6.92 Å². The number of hydrogen-bond donors (Lipinski definition) is 1. The largest absolute Gasteiger partial charge is 0.372 e. The summed E-state index contributed by atoms with van der Waals surface area (Å²) in [5.74, 6) is -1.42. The number of morpholine rings is 1. The molecule has 2 aromatic carbocycles. The minimum absolute atomic E-state index is 0.00492. The van der Waals surface area contributed by atoms with Gasteiger partial charge in [-0.25, -0.2) is 8.42 Å². The number of hydrogen-bond acceptors (Lipinski definition) is 5. The van der Waals surface area contributed by atoms with Gasteiger partial charge in [-0.2, -0.15) is 0 Å². The molecule has 1 aromatic heterocycles. The van der Waals surface area contributed by atoms with Crippen molar-refractivity contribution in [3.05, 3.63) is 60.3 Å². The fraction of sp³-hybridized carbons (Fsp3) is 0.360. The van der Waals surface area contributed by atoms with Crippen molar-refractivity contribution in [3.63, 3.8) is 0 Å². The summed E-state index contributed by atoms with van der Waals surface area (Å²) >= 11 is 0. The molecule has 2 amide bonds. The highest BCUT2D eigenvalue weighted by Crippen LogP contribution is 2.27. The van der Waals surface area contributed by atoms with Crippen LogP contribution in [0.3, 0.4) is 0 Å². The Balaban J connectivity index is 1.57. The first-order valence-electron chi connectivity index (χ1n) is 11.2. The average molecular weight is 484 g/mol. The molecular formula is C25H29N3O5S. The fourth-order valence-corrected chi connectivity index (χ4v) is 5.76. The minimum atomic E-state index is -3.95. The summed E-state index contributed by atoms with van der Waals surface area (Å²) in [6.45, 7) is 6.73. The maximum Gasteiger partial charge on any atom is 0.242 e. The summed E-state index contributed by atoms with van der Waals surface area (Å²) in [4.78, 5) is 27.3. The molecule has 34 heavy (non-hydrogen) atoms. The number of ether oxygens (including phenoxy) is 1. The van der Waals surface area contributed by atoms with Gasteiger partial charge in [0.25, 0.3) is 0 Å². The first-order valence-corrected chi connectivity index (χ1v) is 12.9. The molecule has 0 bridgehead atoms. The molecule has 0 radical (unpaired) electrons. The van der Waals surface area contributed by atoms with E-state index in [1.807, 2.05) is 26.8 Å². The highest BCUT2D eigenvalue weighted by atomic mass is 32.2. The van der Waals surface area contributed by atoms with Crippen LogP contribution in [0.4, 0.5) is 5.69 Å². The molecule has 0 spiro atoms. The lowest BCUT2D eigenvalue weighted by Crippen LogP contribution is -2.49. The zero-order valence-corrected chi connectivity index (χ0v) is 20.3. The molecule has 1 fully saturated rings. The number of benzene rings is 2. The number of aryl methyl sites for hydroxylation is 1. The lowest BCUT2D eigenvalue weighted by molar-refractivity contribution is -0.143. The van der Waals surface area contributed by atoms with Gasteiger partial charge in [0, 0.05) is 35.9 Å². The second-order valence-corrected chi connectivity index (χ2v) is 10.8. The molecule has 2 heterocycles. The Kier molecular flexibility index (Phi) is 6.77. The van der Waals surface area contributed by atoms with E-state index in [1.165, 1.54) is 6.20 Å². The second-order valence-electron chi connectivity index (χ2n) is 8.87. The number of para-hydroxylation sites is 1. The molecule has 1 N–H and O–H groups in total. The number of aromatic nitrogens is 1. The summed E-state index contributed by atoms with van der Waals surface area (Å²) in [5, 5.41) is 3.14. The van der Waals surface area contributed by atoms with Gasteiger partial charge in [0.1, 0.15) is 12.3 Å². The van der Waals surface area contributed by atoms with Crippen molar-refractivity contribution < 1.29 is 22.7 Å². The normalized spacial score (nSPS) is 18.7. The van der Waals surface area contributed by atoms with Crippen molar-refractivity contribution in [2.75, 3.05) is 24.2 Å². The SMILES string of the molecule is Cc1cccc(NC(=O)CS(=O)(=O)c2cn(CC(=O)N3CC(C)OC(C)C3)c3ccccc23)c1. The minimum Gasteiger partial charge on any atom is -0.372 e. The van der Waals surface area contributed by atoms with Crippen LogP contribution < -0.4 is 5.32 Å². The molecule has 0 aliphatic carbocycles. The van der Waals surface area contributed by atoms with Crippen LogP contribution in [0.1, 0.15) is 19.4 Å². The molecule has 2 atom stereocenters. The van der Waals surface area contributed by atoms with Crippen LogP contribution in [0.25, 0.3) is 10.9 Å². The number of sulfone groups is 1. The molecule has 3 aromatic rings. The predicted molar refractivity (Wildman–Crippen MR) is 130 cm³/mol. The molecular weight excluding hydrogens is 454 g/mol. The van der Waals surface area contributed by atoms with E-state index in [0.717, 1.165) is 5.56 Å². The molecule has 9 heteroatoms. The molecule has 1 aliphatic heterocycles. The van der Waals surface area contributed by atoms with Crippen LogP contribution in [-0.4, -0.2) is 60.7 Å². The van der Waals surface area contributed by atoms with Crippen LogP contribution >= 0.6 is 0 Å². The number of anilines is 1. The third-order valence-electron chi connectivity index (χ3n) is 5.79. The highest BCUT2D eigenvalue weighted by Gasteiger charge is 2.28. The lowest BCUT2D eigenvalue weighted by Gasteiger charge is -2.35. The Hall–Kier alpha value is -3.17. The molecule has 0 saturated carbocycles. The maximum atomic E-state index is 13.2. The van der Waals surface area contributed by atoms with E-state index in [1.54, 1.807) is 51.9 Å². The van der Waals surface area contributed by atoms with Crippen LogP contribution in [-0.2, 0) is 30.7 Å². The summed E-state index contributed by atoms with van der Waals surface area (Å²) in [6, 6.07) is 14.2. The van der Waals surface area contributed by atoms with Crippen LogP contribution in [0.15, 0.2) is 59.6 Å². The summed E-state index contributed by atoms with van der Waals surface area (Å²) < 4.78 is 33.8. The van der Waals surface area contributed by atoms with Crippen molar-refractivity contribution in [1.29, 1.82) is 0 Å². The van der Waals surface area contributed by atoms with Gasteiger partial charge in [-0.05, 0) is 44.5 Å². The summed E-state index contributed by atoms with van der Waals surface area (Å²) in [7, 11) is -3.95. The van der Waals surface area contributed by atoms with Gasteiger partial charge in [-0.15, -0.1) is 0 Å². The van der Waals surface area contributed by atoms with E-state index in [9.17, 15) is 18.0 Å². The topological polar surface area (TPSA) is 97.7 Å². The lowest BCUT2D eigenvalue weighted by atomic mass is 10.2. The molecule has 180 valence electrons. The maximum absolute atomic E-state index is 13.2. The molecule has 2 unspecified atom stereocenters. The zero-order valence-electron chi connectivity index (χ0n) is 19.5. The van der Waals surface area contributed by atoms with Gasteiger partial charge in [-0.3, -0.25) is 9.59 Å². The van der Waals surface area contributed by atoms with Crippen molar-refractivity contribution in [1.82, 2.24) is 9.47 Å². The summed E-state index contributed by atoms with van der Waals surface area (Å²) in [6.07, 6.45) is 1.35. The Morgan fingerprint density at radius 3 is 2.47 bits per heavy atom. The molecule has 1 saturated heterocycles. The average Bonchev–Trinajstić information content (AvgIpc) is 3.12. The third kappa shape index (κ3) is 5.31. The number of nitrogens with zero attached hydrogens (tertiary/aromatic N) is 2. The Bertz CT molecular complexity index is 1320. The van der Waals surface area contributed by atoms with Gasteiger partial charge in [0.05, 0.1) is 17.1 Å². The first-order chi connectivity index (χ1) is 16.1. The fourth-order valence-electron chi connectivity index (χ4n) is 4.39. The van der Waals surface area contributed by atoms with Crippen molar-refractivity contribution in [2.45, 2.75) is 44.4 Å². The number of rotatable bonds is 6. The molecule has 4 rings (SSSR count). The monoisotopic (exact) mass is 483 g/mol. The quantitative estimate of drug-likeness (QED) is 0.581. The van der Waals surface area contributed by atoms with Gasteiger partial charge >= 0.3 is 0 Å². The second kappa shape index (κ2) is 9.60. The Morgan fingerprint density at radius 1 is 1.06 bits per heavy atom. The Labute approximate surface area is 199 Å². The van der Waals surface area contributed by atoms with Gasteiger partial charge in [0.2, 0.25) is 11.8 Å². The third-order valence-corrected chi connectivity index (χ3v) is 7.43. The van der Waals surface area contributed by atoms with Crippen molar-refractivity contribution >= 4 is 38.2 Å². The van der Waals surface area contributed by atoms with E-state index in [0.29, 0.717) is 29.7 Å². The van der Waals surface area contributed by atoms with Crippen LogP contribution in [0.5, 0.6) is 0 Å². The molecule has 1 aliphatic rings. The van der Waals surface area contributed by atoms with Gasteiger partial charge < -0.3 is 19.5 Å². The zero-order chi connectivity index (χ0) is 24.5. The Morgan fingerprint density at radius 2 is 1.76 bits per heavy atom. The standard InChI is InChI=1S/C25H29N3O5S/c1-17-7-6-8-20(11-17)26-24(29)16-34(31,32)23-14-27(22-10-5-4-9-21(22)23)15-25(30)28-12-18(2)33-19(3)13-28/h4-11,14,18-19H,12-13,15-16H2,1-3H3,(H,26,29). The van der Waals surface area contributed by atoms with E-state index in [-0.39, 0.29) is 29.6 Å². The van der Waals surface area contributed by atoms with Crippen molar-refractivity contribution in [2.24, 2.45) is 0 Å². The smallest absolute Gasteiger partial charge is 0.242 e. The number of amides is 2. The van der Waals surface area contributed by atoms with Gasteiger partial charge in [0.15, 0.2) is 9.84 Å². The number of fused-ring (bicyclic) bond motifs is 1. The van der Waals surface area contributed by atoms with E-state index in [2.05, 4.69) is 5.32 Å². The first kappa shape index (κ1) is 24.0. The number of carbonyl (C=O) groups is 2. The number of carbonyl (C=O) groups excluding carboxylic acids is 2. The van der Waals surface area contributed by atoms with E-state index in [4.69, 9.17) is 4.74 Å². The van der Waals surface area contributed by atoms with Crippen LogP contribution in [0.2, 0.25) is 0 Å². The molecule has 8 nitrogen and oxygen atoms in total. The van der Waals surface area contributed by atoms with Gasteiger partial charge in [-0.1, -0.05) is 30.3 Å². The number of nitrogens with one attached hydrogen (secondary N) is 1. The summed E-state index contributed by atoms with van der Waals surface area (Å²) in [5.41, 5.74) is 2.13. The predicted octanol–water partition coefficient (Wildman–Crippen LogP) is 3.00.